The van der Waals surface area contributed by atoms with E-state index in [2.05, 4.69) is 15.0 Å². The van der Waals surface area contributed by atoms with Crippen LogP contribution in [0.1, 0.15) is 12.0 Å². The number of hydrogen-bond donors (Lipinski definition) is 2. The van der Waals surface area contributed by atoms with E-state index >= 15 is 0 Å². The monoisotopic (exact) mass is 235 g/mol. The molecular weight excluding hydrogens is 222 g/mol. The van der Waals surface area contributed by atoms with Gasteiger partial charge in [-0.05, 0) is 12.1 Å². The maximum atomic E-state index is 5.71. The summed E-state index contributed by atoms with van der Waals surface area (Å²) in [5.74, 6) is 0.393. The molecule has 2 rings (SSSR count). The average Bonchev–Trinajstić information content (AvgIpc) is 2.30. The minimum atomic E-state index is -0.545. The lowest BCUT2D eigenvalue weighted by Crippen LogP contribution is -2.08. The van der Waals surface area contributed by atoms with Gasteiger partial charge in [0.25, 0.3) is 0 Å². The van der Waals surface area contributed by atoms with Crippen molar-refractivity contribution in [2.75, 3.05) is 25.7 Å². The number of methoxy groups -OCH3 is 2. The summed E-state index contributed by atoms with van der Waals surface area (Å²) < 4.78 is 10.2. The van der Waals surface area contributed by atoms with Gasteiger partial charge in [0.1, 0.15) is 5.82 Å². The van der Waals surface area contributed by atoms with Gasteiger partial charge in [0, 0.05) is 14.2 Å². The molecule has 0 radical (unpaired) electrons. The molecule has 4 N–H and O–H groups in total. The molecule has 0 spiro atoms. The molecule has 90 valence electrons. The van der Waals surface area contributed by atoms with Crippen LogP contribution in [0, 0.1) is 0 Å². The summed E-state index contributed by atoms with van der Waals surface area (Å²) in [6.45, 7) is 0. The van der Waals surface area contributed by atoms with Crippen LogP contribution < -0.4 is 11.5 Å². The summed E-state index contributed by atoms with van der Waals surface area (Å²) in [6.07, 6.45) is -0.545. The van der Waals surface area contributed by atoms with Crippen molar-refractivity contribution in [3.63, 3.8) is 0 Å². The average molecular weight is 235 g/mol. The Hall–Kier alpha value is -1.99. The molecular formula is C10H13N5O2. The Morgan fingerprint density at radius 2 is 1.76 bits per heavy atom. The predicted octanol–water partition coefficient (Wildman–Crippen LogP) is 0.481. The van der Waals surface area contributed by atoms with Crippen molar-refractivity contribution in [2.24, 2.45) is 0 Å². The molecule has 0 fully saturated rings. The number of nitrogens with zero attached hydrogens (tertiary/aromatic N) is 3. The van der Waals surface area contributed by atoms with Gasteiger partial charge in [-0.3, -0.25) is 0 Å². The molecule has 0 aliphatic carbocycles. The van der Waals surface area contributed by atoms with E-state index in [1.54, 1.807) is 12.1 Å². The topological polar surface area (TPSA) is 109 Å². The lowest BCUT2D eigenvalue weighted by molar-refractivity contribution is -0.108. The molecule has 2 aromatic rings. The number of aromatic nitrogens is 3. The molecule has 7 nitrogen and oxygen atoms in total. The quantitative estimate of drug-likeness (QED) is 0.744. The fourth-order valence-corrected chi connectivity index (χ4v) is 1.53. The van der Waals surface area contributed by atoms with E-state index in [0.717, 1.165) is 0 Å². The summed E-state index contributed by atoms with van der Waals surface area (Å²) in [7, 11) is 3.06. The molecule has 0 amide bonds. The van der Waals surface area contributed by atoms with E-state index in [1.165, 1.54) is 14.2 Å². The first-order chi connectivity index (χ1) is 8.15. The van der Waals surface area contributed by atoms with Gasteiger partial charge in [-0.1, -0.05) is 0 Å². The summed E-state index contributed by atoms with van der Waals surface area (Å²) in [5, 5.41) is 0.647. The molecule has 17 heavy (non-hydrogen) atoms. The molecule has 0 aliphatic heterocycles. The normalized spacial score (nSPS) is 11.2. The fourth-order valence-electron chi connectivity index (χ4n) is 1.53. The minimum absolute atomic E-state index is 0.0889. The highest BCUT2D eigenvalue weighted by Gasteiger charge is 2.13. The summed E-state index contributed by atoms with van der Waals surface area (Å²) in [4.78, 5) is 12.1. The van der Waals surface area contributed by atoms with E-state index in [9.17, 15) is 0 Å². The standard InChI is InChI=1S/C10H13N5O2/c1-16-9(17-2)6-4-3-5-7(11)14-10(12)15-8(5)13-6/h3-4,9H,1-2H3,(H4,11,12,13,14,15). The third-order valence-electron chi connectivity index (χ3n) is 2.30. The van der Waals surface area contributed by atoms with Crippen LogP contribution in [0.15, 0.2) is 12.1 Å². The molecule has 0 saturated carbocycles. The zero-order chi connectivity index (χ0) is 12.4. The Morgan fingerprint density at radius 1 is 1.06 bits per heavy atom. The molecule has 0 atom stereocenters. The first-order valence-corrected chi connectivity index (χ1v) is 4.91. The second-order valence-corrected chi connectivity index (χ2v) is 3.38. The van der Waals surface area contributed by atoms with Crippen LogP contribution in [-0.4, -0.2) is 29.2 Å². The molecule has 0 bridgehead atoms. The number of pyridine rings is 1. The Morgan fingerprint density at radius 3 is 2.41 bits per heavy atom. The molecule has 0 aromatic carbocycles. The van der Waals surface area contributed by atoms with E-state index in [1.807, 2.05) is 0 Å². The summed E-state index contributed by atoms with van der Waals surface area (Å²) >= 11 is 0. The Labute approximate surface area is 97.8 Å². The predicted molar refractivity (Wildman–Crippen MR) is 62.9 cm³/mol. The highest BCUT2D eigenvalue weighted by atomic mass is 16.7. The van der Waals surface area contributed by atoms with Crippen molar-refractivity contribution in [3.8, 4) is 0 Å². The highest BCUT2D eigenvalue weighted by Crippen LogP contribution is 2.21. The number of nitrogen functional groups attached to an aromatic ring is 2. The van der Waals surface area contributed by atoms with Gasteiger partial charge in [-0.15, -0.1) is 0 Å². The smallest absolute Gasteiger partial charge is 0.224 e. The van der Waals surface area contributed by atoms with Gasteiger partial charge in [0.15, 0.2) is 5.65 Å². The lowest BCUT2D eigenvalue weighted by Gasteiger charge is -2.13. The van der Waals surface area contributed by atoms with Gasteiger partial charge < -0.3 is 20.9 Å². The Bertz CT molecular complexity index is 541. The van der Waals surface area contributed by atoms with Crippen LogP contribution in [0.3, 0.4) is 0 Å². The van der Waals surface area contributed by atoms with Crippen LogP contribution in [0.5, 0.6) is 0 Å². The highest BCUT2D eigenvalue weighted by molar-refractivity contribution is 5.86. The van der Waals surface area contributed by atoms with Crippen LogP contribution in [0.25, 0.3) is 11.0 Å². The van der Waals surface area contributed by atoms with Crippen LogP contribution in [0.2, 0.25) is 0 Å². The SMILES string of the molecule is COC(OC)c1ccc2c(N)nc(N)nc2n1. The summed E-state index contributed by atoms with van der Waals surface area (Å²) in [6, 6.07) is 3.51. The van der Waals surface area contributed by atoms with Crippen molar-refractivity contribution in [2.45, 2.75) is 6.29 Å². The Balaban J connectivity index is 2.57. The van der Waals surface area contributed by atoms with Crippen LogP contribution >= 0.6 is 0 Å². The molecule has 0 saturated heterocycles. The number of hydrogen-bond acceptors (Lipinski definition) is 7. The van der Waals surface area contributed by atoms with Gasteiger partial charge in [0.2, 0.25) is 12.2 Å². The number of fused-ring (bicyclic) bond motifs is 1. The lowest BCUT2D eigenvalue weighted by atomic mass is 10.2. The fraction of sp³-hybridized carbons (Fsp3) is 0.300. The van der Waals surface area contributed by atoms with Crippen LogP contribution in [0.4, 0.5) is 11.8 Å². The van der Waals surface area contributed by atoms with Crippen LogP contribution in [-0.2, 0) is 9.47 Å². The maximum absolute atomic E-state index is 5.71. The number of anilines is 2. The number of rotatable bonds is 3. The molecule has 0 unspecified atom stereocenters. The Kier molecular flexibility index (Phi) is 3.03. The van der Waals surface area contributed by atoms with Crippen molar-refractivity contribution >= 4 is 22.8 Å². The maximum Gasteiger partial charge on any atom is 0.224 e. The van der Waals surface area contributed by atoms with E-state index in [4.69, 9.17) is 20.9 Å². The second kappa shape index (κ2) is 4.48. The van der Waals surface area contributed by atoms with Gasteiger partial charge in [-0.25, -0.2) is 4.98 Å². The van der Waals surface area contributed by atoms with Crippen molar-refractivity contribution in [3.05, 3.63) is 17.8 Å². The zero-order valence-electron chi connectivity index (χ0n) is 9.54. The van der Waals surface area contributed by atoms with Gasteiger partial charge >= 0.3 is 0 Å². The van der Waals surface area contributed by atoms with Crippen molar-refractivity contribution in [1.82, 2.24) is 15.0 Å². The molecule has 7 heteroatoms. The first-order valence-electron chi connectivity index (χ1n) is 4.91. The summed E-state index contributed by atoms with van der Waals surface area (Å²) in [5.41, 5.74) is 12.2. The van der Waals surface area contributed by atoms with E-state index in [-0.39, 0.29) is 5.95 Å². The molecule has 2 aromatic heterocycles. The zero-order valence-corrected chi connectivity index (χ0v) is 9.54. The second-order valence-electron chi connectivity index (χ2n) is 3.38. The third-order valence-corrected chi connectivity index (χ3v) is 2.30. The minimum Gasteiger partial charge on any atom is -0.383 e. The van der Waals surface area contributed by atoms with E-state index in [0.29, 0.717) is 22.5 Å². The van der Waals surface area contributed by atoms with Crippen molar-refractivity contribution in [1.29, 1.82) is 0 Å². The van der Waals surface area contributed by atoms with E-state index < -0.39 is 6.29 Å². The molecule has 2 heterocycles. The first kappa shape index (κ1) is 11.5. The largest absolute Gasteiger partial charge is 0.383 e. The third kappa shape index (κ3) is 2.10. The van der Waals surface area contributed by atoms with Gasteiger partial charge in [0.05, 0.1) is 11.1 Å². The number of ether oxygens (including phenoxy) is 2. The number of nitrogens with two attached hydrogens (primary N) is 2. The van der Waals surface area contributed by atoms with Crippen molar-refractivity contribution < 1.29 is 9.47 Å². The van der Waals surface area contributed by atoms with Gasteiger partial charge in [-0.2, -0.15) is 9.97 Å². The molecule has 0 aliphatic rings.